The van der Waals surface area contributed by atoms with E-state index in [2.05, 4.69) is 15.9 Å². The lowest BCUT2D eigenvalue weighted by molar-refractivity contribution is -0.141. The van der Waals surface area contributed by atoms with Gasteiger partial charge in [0, 0.05) is 11.0 Å². The first kappa shape index (κ1) is 17.4. The molecule has 1 aromatic carbocycles. The van der Waals surface area contributed by atoms with E-state index < -0.39 is 5.97 Å². The van der Waals surface area contributed by atoms with Crippen molar-refractivity contribution in [2.75, 3.05) is 6.54 Å². The number of imide groups is 1. The molecule has 2 amide bonds. The molecule has 1 aliphatic heterocycles. The quantitative estimate of drug-likeness (QED) is 0.429. The van der Waals surface area contributed by atoms with Crippen LogP contribution < -0.4 is 4.74 Å². The van der Waals surface area contributed by atoms with E-state index in [4.69, 9.17) is 16.3 Å². The number of hydrogen-bond donors (Lipinski definition) is 0. The van der Waals surface area contributed by atoms with Gasteiger partial charge in [0.15, 0.2) is 0 Å². The summed E-state index contributed by atoms with van der Waals surface area (Å²) in [6.45, 7) is 0.0671. The second kappa shape index (κ2) is 7.23. The van der Waals surface area contributed by atoms with Crippen LogP contribution in [0.5, 0.6) is 5.75 Å². The van der Waals surface area contributed by atoms with E-state index in [1.54, 1.807) is 18.2 Å². The van der Waals surface area contributed by atoms with Crippen LogP contribution in [-0.4, -0.2) is 29.2 Å². The van der Waals surface area contributed by atoms with E-state index in [0.29, 0.717) is 5.02 Å². The van der Waals surface area contributed by atoms with Crippen LogP contribution in [0.15, 0.2) is 22.7 Å². The number of ether oxygens (including phenoxy) is 1. The maximum Gasteiger partial charge on any atom is 0.313 e. The van der Waals surface area contributed by atoms with Gasteiger partial charge in [0.2, 0.25) is 11.8 Å². The van der Waals surface area contributed by atoms with Crippen molar-refractivity contribution < 1.29 is 19.1 Å². The Bertz CT molecular complexity index is 669. The number of likely N-dealkylation sites (tertiary alicyclic amines) is 1. The largest absolute Gasteiger partial charge is 0.425 e. The van der Waals surface area contributed by atoms with Crippen molar-refractivity contribution in [2.45, 2.75) is 32.1 Å². The van der Waals surface area contributed by atoms with Crippen molar-refractivity contribution >= 4 is 45.3 Å². The van der Waals surface area contributed by atoms with Gasteiger partial charge in [0.05, 0.1) is 23.3 Å². The highest BCUT2D eigenvalue weighted by Crippen LogP contribution is 2.38. The molecule has 2 atom stereocenters. The SMILES string of the molecule is O=C(CCN1C(=O)[C@H]2CCCC[C@@H]2C1=O)Oc1ccc(Br)cc1Cl. The van der Waals surface area contributed by atoms with Crippen LogP contribution in [0.25, 0.3) is 0 Å². The van der Waals surface area contributed by atoms with Gasteiger partial charge in [-0.05, 0) is 31.0 Å². The Hall–Kier alpha value is -1.40. The molecule has 0 bridgehead atoms. The molecule has 1 saturated carbocycles. The molecule has 24 heavy (non-hydrogen) atoms. The minimum absolute atomic E-state index is 0.0384. The molecule has 0 unspecified atom stereocenters. The van der Waals surface area contributed by atoms with Crippen molar-refractivity contribution in [1.82, 2.24) is 4.90 Å². The standard InChI is InChI=1S/C17H17BrClNO4/c18-10-5-6-14(13(19)9-10)24-15(21)7-8-20-16(22)11-3-1-2-4-12(11)17(20)23/h5-6,9,11-12H,1-4,7-8H2/t11-,12-/m0/s1. The Morgan fingerprint density at radius 1 is 1.21 bits per heavy atom. The third-order valence-corrected chi connectivity index (χ3v) is 5.38. The average molecular weight is 415 g/mol. The lowest BCUT2D eigenvalue weighted by Gasteiger charge is -2.19. The first-order valence-corrected chi connectivity index (χ1v) is 9.15. The summed E-state index contributed by atoms with van der Waals surface area (Å²) in [7, 11) is 0. The second-order valence-electron chi connectivity index (χ2n) is 6.12. The number of hydrogen-bond acceptors (Lipinski definition) is 4. The highest BCUT2D eigenvalue weighted by molar-refractivity contribution is 9.10. The van der Waals surface area contributed by atoms with Crippen LogP contribution in [0.3, 0.4) is 0 Å². The van der Waals surface area contributed by atoms with E-state index >= 15 is 0 Å². The van der Waals surface area contributed by atoms with Crippen LogP contribution in [0.1, 0.15) is 32.1 Å². The molecular formula is C17H17BrClNO4. The smallest absolute Gasteiger partial charge is 0.313 e. The molecule has 1 heterocycles. The monoisotopic (exact) mass is 413 g/mol. The number of amides is 2. The summed E-state index contributed by atoms with van der Waals surface area (Å²) in [5.74, 6) is -0.919. The number of carbonyl (C=O) groups excluding carboxylic acids is 3. The van der Waals surface area contributed by atoms with Gasteiger partial charge in [-0.15, -0.1) is 0 Å². The van der Waals surface area contributed by atoms with Crippen molar-refractivity contribution in [2.24, 2.45) is 11.8 Å². The Morgan fingerprint density at radius 3 is 2.42 bits per heavy atom. The van der Waals surface area contributed by atoms with Gasteiger partial charge < -0.3 is 4.74 Å². The molecule has 1 saturated heterocycles. The number of benzene rings is 1. The molecule has 2 fully saturated rings. The van der Waals surface area contributed by atoms with Crippen molar-refractivity contribution in [3.05, 3.63) is 27.7 Å². The maximum absolute atomic E-state index is 12.3. The van der Waals surface area contributed by atoms with Gasteiger partial charge >= 0.3 is 5.97 Å². The Kier molecular flexibility index (Phi) is 5.25. The van der Waals surface area contributed by atoms with E-state index in [9.17, 15) is 14.4 Å². The third kappa shape index (κ3) is 3.49. The van der Waals surface area contributed by atoms with Crippen molar-refractivity contribution in [3.8, 4) is 5.75 Å². The predicted octanol–water partition coefficient (Wildman–Crippen LogP) is 3.57. The van der Waals surface area contributed by atoms with Gasteiger partial charge in [0.1, 0.15) is 5.75 Å². The van der Waals surface area contributed by atoms with E-state index in [-0.39, 0.29) is 42.4 Å². The predicted molar refractivity (Wildman–Crippen MR) is 91.6 cm³/mol. The summed E-state index contributed by atoms with van der Waals surface area (Å²) in [5.41, 5.74) is 0. The van der Waals surface area contributed by atoms with E-state index in [0.717, 1.165) is 30.2 Å². The van der Waals surface area contributed by atoms with Gasteiger partial charge in [-0.25, -0.2) is 0 Å². The molecule has 2 aliphatic rings. The molecular weight excluding hydrogens is 398 g/mol. The number of esters is 1. The van der Waals surface area contributed by atoms with E-state index in [1.165, 1.54) is 4.90 Å². The lowest BCUT2D eigenvalue weighted by atomic mass is 9.81. The zero-order chi connectivity index (χ0) is 17.3. The highest BCUT2D eigenvalue weighted by atomic mass is 79.9. The molecule has 1 aliphatic carbocycles. The molecule has 1 aromatic rings. The Morgan fingerprint density at radius 2 is 1.83 bits per heavy atom. The van der Waals surface area contributed by atoms with Gasteiger partial charge in [-0.3, -0.25) is 19.3 Å². The first-order chi connectivity index (χ1) is 11.5. The van der Waals surface area contributed by atoms with E-state index in [1.807, 2.05) is 0 Å². The molecule has 3 rings (SSSR count). The van der Waals surface area contributed by atoms with Crippen LogP contribution in [0, 0.1) is 11.8 Å². The first-order valence-electron chi connectivity index (χ1n) is 7.98. The second-order valence-corrected chi connectivity index (χ2v) is 7.45. The number of carbonyl (C=O) groups is 3. The van der Waals surface area contributed by atoms with Crippen LogP contribution >= 0.6 is 27.5 Å². The summed E-state index contributed by atoms with van der Waals surface area (Å²) in [4.78, 5) is 37.9. The fourth-order valence-corrected chi connectivity index (χ4v) is 4.10. The molecule has 0 spiro atoms. The molecule has 0 radical (unpaired) electrons. The number of fused-ring (bicyclic) bond motifs is 1. The molecule has 7 heteroatoms. The summed E-state index contributed by atoms with van der Waals surface area (Å²) in [6.07, 6.45) is 3.47. The maximum atomic E-state index is 12.3. The Balaban J connectivity index is 1.58. The van der Waals surface area contributed by atoms with Crippen molar-refractivity contribution in [1.29, 1.82) is 0 Å². The molecule has 128 valence electrons. The third-order valence-electron chi connectivity index (χ3n) is 4.59. The lowest BCUT2D eigenvalue weighted by Crippen LogP contribution is -2.33. The van der Waals surface area contributed by atoms with Crippen LogP contribution in [0.4, 0.5) is 0 Å². The number of rotatable bonds is 4. The topological polar surface area (TPSA) is 63.7 Å². The summed E-state index contributed by atoms with van der Waals surface area (Å²) >= 11 is 9.28. The van der Waals surface area contributed by atoms with Gasteiger partial charge in [-0.1, -0.05) is 40.4 Å². The fraction of sp³-hybridized carbons (Fsp3) is 0.471. The van der Waals surface area contributed by atoms with Crippen LogP contribution in [-0.2, 0) is 14.4 Å². The molecule has 0 aromatic heterocycles. The summed E-state index contributed by atoms with van der Waals surface area (Å²) < 4.78 is 5.99. The normalized spacial score (nSPS) is 23.3. The van der Waals surface area contributed by atoms with Crippen molar-refractivity contribution in [3.63, 3.8) is 0 Å². The Labute approximate surface area is 153 Å². The van der Waals surface area contributed by atoms with Gasteiger partial charge in [0.25, 0.3) is 0 Å². The fourth-order valence-electron chi connectivity index (χ4n) is 3.39. The minimum atomic E-state index is -0.519. The zero-order valence-electron chi connectivity index (χ0n) is 13.0. The van der Waals surface area contributed by atoms with Crippen LogP contribution in [0.2, 0.25) is 5.02 Å². The summed E-state index contributed by atoms with van der Waals surface area (Å²) in [6, 6.07) is 4.93. The molecule has 5 nitrogen and oxygen atoms in total. The van der Waals surface area contributed by atoms with Gasteiger partial charge in [-0.2, -0.15) is 0 Å². The number of halogens is 2. The molecule has 0 N–H and O–H groups in total. The average Bonchev–Trinajstić information content (AvgIpc) is 2.80. The highest BCUT2D eigenvalue weighted by Gasteiger charge is 2.47. The zero-order valence-corrected chi connectivity index (χ0v) is 15.3. The minimum Gasteiger partial charge on any atom is -0.425 e. The number of nitrogens with zero attached hydrogens (tertiary/aromatic N) is 1. The summed E-state index contributed by atoms with van der Waals surface area (Å²) in [5, 5.41) is 0.317.